The lowest BCUT2D eigenvalue weighted by Crippen LogP contribution is -2.24. The van der Waals surface area contributed by atoms with Crippen LogP contribution in [0.4, 0.5) is 0 Å². The quantitative estimate of drug-likeness (QED) is 0.712. The summed E-state index contributed by atoms with van der Waals surface area (Å²) in [5.41, 5.74) is 1.30. The van der Waals surface area contributed by atoms with Gasteiger partial charge in [-0.3, -0.25) is 0 Å². The van der Waals surface area contributed by atoms with E-state index in [0.717, 1.165) is 6.42 Å². The van der Waals surface area contributed by atoms with E-state index in [-0.39, 0.29) is 5.97 Å². The highest BCUT2D eigenvalue weighted by molar-refractivity contribution is 5.74. The predicted octanol–water partition coefficient (Wildman–Crippen LogP) is 2.97. The van der Waals surface area contributed by atoms with Gasteiger partial charge in [0.1, 0.15) is 5.75 Å². The van der Waals surface area contributed by atoms with Crippen LogP contribution in [0.2, 0.25) is 0 Å². The molecule has 17 heavy (non-hydrogen) atoms. The summed E-state index contributed by atoms with van der Waals surface area (Å²) in [4.78, 5) is 11.2. The van der Waals surface area contributed by atoms with E-state index in [2.05, 4.69) is 11.7 Å². The van der Waals surface area contributed by atoms with Crippen LogP contribution in [0.3, 0.4) is 0 Å². The number of carbonyl (C=O) groups is 1. The fourth-order valence-electron chi connectivity index (χ4n) is 1.53. The van der Waals surface area contributed by atoms with Gasteiger partial charge in [0, 0.05) is 0 Å². The number of esters is 1. The first-order valence-electron chi connectivity index (χ1n) is 6.00. The van der Waals surface area contributed by atoms with Crippen LogP contribution in [0.5, 0.6) is 5.75 Å². The smallest absolute Gasteiger partial charge is 0.346 e. The van der Waals surface area contributed by atoms with E-state index in [0.29, 0.717) is 5.75 Å². The van der Waals surface area contributed by atoms with E-state index in [9.17, 15) is 4.79 Å². The molecule has 0 bridgehead atoms. The molecule has 1 rings (SSSR count). The number of rotatable bonds is 6. The van der Waals surface area contributed by atoms with Crippen molar-refractivity contribution >= 4 is 5.97 Å². The minimum Gasteiger partial charge on any atom is -0.479 e. The van der Waals surface area contributed by atoms with Gasteiger partial charge in [0.25, 0.3) is 0 Å². The molecule has 0 heterocycles. The predicted molar refractivity (Wildman–Crippen MR) is 67.2 cm³/mol. The van der Waals surface area contributed by atoms with Crippen LogP contribution in [0.15, 0.2) is 24.3 Å². The van der Waals surface area contributed by atoms with Crippen molar-refractivity contribution in [3.63, 3.8) is 0 Å². The fraction of sp³-hybridized carbons (Fsp3) is 0.500. The molecule has 3 heteroatoms. The van der Waals surface area contributed by atoms with Gasteiger partial charge < -0.3 is 9.47 Å². The van der Waals surface area contributed by atoms with Crippen LogP contribution in [0.1, 0.15) is 32.3 Å². The van der Waals surface area contributed by atoms with Crippen molar-refractivity contribution in [1.82, 2.24) is 0 Å². The van der Waals surface area contributed by atoms with Crippen LogP contribution in [0, 0.1) is 0 Å². The molecule has 0 aromatic heterocycles. The normalized spacial score (nSPS) is 11.9. The molecule has 0 fully saturated rings. The van der Waals surface area contributed by atoms with Crippen LogP contribution in [-0.4, -0.2) is 19.2 Å². The van der Waals surface area contributed by atoms with E-state index in [1.54, 1.807) is 6.92 Å². The zero-order valence-electron chi connectivity index (χ0n) is 10.7. The number of hydrogen-bond acceptors (Lipinski definition) is 3. The zero-order valence-corrected chi connectivity index (χ0v) is 10.7. The number of carbonyl (C=O) groups excluding carboxylic acids is 1. The van der Waals surface area contributed by atoms with Gasteiger partial charge in [-0.1, -0.05) is 25.5 Å². The van der Waals surface area contributed by atoms with Gasteiger partial charge in [-0.25, -0.2) is 4.79 Å². The molecule has 3 nitrogen and oxygen atoms in total. The Bertz CT molecular complexity index is 343. The highest BCUT2D eigenvalue weighted by Crippen LogP contribution is 2.15. The van der Waals surface area contributed by atoms with Crippen molar-refractivity contribution in [2.45, 2.75) is 39.2 Å². The lowest BCUT2D eigenvalue weighted by atomic mass is 10.1. The summed E-state index contributed by atoms with van der Waals surface area (Å²) in [6.45, 7) is 3.85. The van der Waals surface area contributed by atoms with Crippen LogP contribution >= 0.6 is 0 Å². The van der Waals surface area contributed by atoms with Crippen LogP contribution in [0.25, 0.3) is 0 Å². The second-order valence-electron chi connectivity index (χ2n) is 4.03. The van der Waals surface area contributed by atoms with Gasteiger partial charge in [0.2, 0.25) is 0 Å². The lowest BCUT2D eigenvalue weighted by molar-refractivity contribution is -0.147. The van der Waals surface area contributed by atoms with Gasteiger partial charge >= 0.3 is 5.97 Å². The van der Waals surface area contributed by atoms with Crippen molar-refractivity contribution in [2.75, 3.05) is 7.11 Å². The number of ether oxygens (including phenoxy) is 2. The minimum atomic E-state index is -0.568. The maximum Gasteiger partial charge on any atom is 0.346 e. The van der Waals surface area contributed by atoms with Gasteiger partial charge in [-0.05, 0) is 37.5 Å². The molecule has 0 aliphatic rings. The number of hydrogen-bond donors (Lipinski definition) is 0. The van der Waals surface area contributed by atoms with Gasteiger partial charge in [0.05, 0.1) is 7.11 Å². The summed E-state index contributed by atoms with van der Waals surface area (Å²) < 4.78 is 10.0. The molecule has 0 aliphatic carbocycles. The highest BCUT2D eigenvalue weighted by atomic mass is 16.6. The Morgan fingerprint density at radius 3 is 2.47 bits per heavy atom. The number of aryl methyl sites for hydroxylation is 1. The monoisotopic (exact) mass is 236 g/mol. The zero-order chi connectivity index (χ0) is 12.7. The van der Waals surface area contributed by atoms with Crippen molar-refractivity contribution in [3.8, 4) is 5.75 Å². The Labute approximate surface area is 103 Å². The molecule has 94 valence electrons. The number of unbranched alkanes of at least 4 members (excludes halogenated alkanes) is 1. The van der Waals surface area contributed by atoms with Crippen LogP contribution < -0.4 is 4.74 Å². The first kappa shape index (κ1) is 13.6. The van der Waals surface area contributed by atoms with Gasteiger partial charge in [-0.2, -0.15) is 0 Å². The Balaban J connectivity index is 2.53. The van der Waals surface area contributed by atoms with Gasteiger partial charge in [-0.15, -0.1) is 0 Å². The number of benzene rings is 1. The number of methoxy groups -OCH3 is 1. The standard InChI is InChI=1S/C14H20O3/c1-4-5-6-12-7-9-13(10-8-12)17-11(2)14(15)16-3/h7-11H,4-6H2,1-3H3. The van der Waals surface area contributed by atoms with Crippen molar-refractivity contribution in [2.24, 2.45) is 0 Å². The molecule has 1 atom stereocenters. The van der Waals surface area contributed by atoms with E-state index < -0.39 is 6.10 Å². The minimum absolute atomic E-state index is 0.361. The van der Waals surface area contributed by atoms with E-state index in [1.807, 2.05) is 24.3 Å². The largest absolute Gasteiger partial charge is 0.479 e. The maximum absolute atomic E-state index is 11.2. The molecule has 0 saturated heterocycles. The molecule has 0 aliphatic heterocycles. The third-order valence-corrected chi connectivity index (χ3v) is 2.59. The second kappa shape index (κ2) is 6.94. The third-order valence-electron chi connectivity index (χ3n) is 2.59. The van der Waals surface area contributed by atoms with Crippen molar-refractivity contribution in [3.05, 3.63) is 29.8 Å². The Kier molecular flexibility index (Phi) is 5.53. The average Bonchev–Trinajstić information content (AvgIpc) is 2.37. The molecule has 0 amide bonds. The maximum atomic E-state index is 11.2. The molecular weight excluding hydrogens is 216 g/mol. The van der Waals surface area contributed by atoms with E-state index in [1.165, 1.54) is 25.5 Å². The molecule has 1 aromatic rings. The topological polar surface area (TPSA) is 35.5 Å². The van der Waals surface area contributed by atoms with Crippen molar-refractivity contribution in [1.29, 1.82) is 0 Å². The third kappa shape index (κ3) is 4.47. The molecule has 0 saturated carbocycles. The SMILES string of the molecule is CCCCc1ccc(OC(C)C(=O)OC)cc1. The fourth-order valence-corrected chi connectivity index (χ4v) is 1.53. The van der Waals surface area contributed by atoms with Crippen molar-refractivity contribution < 1.29 is 14.3 Å². The Hall–Kier alpha value is -1.51. The summed E-state index contributed by atoms with van der Waals surface area (Å²) in [6.07, 6.45) is 2.90. The van der Waals surface area contributed by atoms with Gasteiger partial charge in [0.15, 0.2) is 6.10 Å². The average molecular weight is 236 g/mol. The summed E-state index contributed by atoms with van der Waals surface area (Å²) in [7, 11) is 1.36. The molecule has 1 unspecified atom stereocenters. The molecular formula is C14H20O3. The highest BCUT2D eigenvalue weighted by Gasteiger charge is 2.14. The Morgan fingerprint density at radius 1 is 1.29 bits per heavy atom. The molecule has 1 aromatic carbocycles. The molecule has 0 spiro atoms. The summed E-state index contributed by atoms with van der Waals surface area (Å²) in [5.74, 6) is 0.336. The van der Waals surface area contributed by atoms with Crippen LogP contribution in [-0.2, 0) is 16.0 Å². The van der Waals surface area contributed by atoms with E-state index in [4.69, 9.17) is 4.74 Å². The summed E-state index contributed by atoms with van der Waals surface area (Å²) in [5, 5.41) is 0. The lowest BCUT2D eigenvalue weighted by Gasteiger charge is -2.12. The van der Waals surface area contributed by atoms with E-state index >= 15 is 0 Å². The molecule has 0 radical (unpaired) electrons. The Morgan fingerprint density at radius 2 is 1.94 bits per heavy atom. The summed E-state index contributed by atoms with van der Waals surface area (Å²) in [6, 6.07) is 7.86. The summed E-state index contributed by atoms with van der Waals surface area (Å²) >= 11 is 0. The first-order valence-corrected chi connectivity index (χ1v) is 6.00. The molecule has 0 N–H and O–H groups in total. The first-order chi connectivity index (χ1) is 8.17. The second-order valence-corrected chi connectivity index (χ2v) is 4.03.